The van der Waals surface area contributed by atoms with E-state index in [1.165, 1.54) is 0 Å². The first-order valence-corrected chi connectivity index (χ1v) is 4.66. The minimum Gasteiger partial charge on any atom is -0.367 e. The zero-order valence-corrected chi connectivity index (χ0v) is 7.77. The van der Waals surface area contributed by atoms with Crippen LogP contribution in [0.5, 0.6) is 0 Å². The number of hydrogen-bond acceptors (Lipinski definition) is 4. The zero-order chi connectivity index (χ0) is 9.97. The molecular weight excluding hydrogens is 176 g/mol. The number of anilines is 1. The van der Waals surface area contributed by atoms with E-state index >= 15 is 0 Å². The minimum absolute atomic E-state index is 0.326. The quantitative estimate of drug-likeness (QED) is 0.721. The number of nitrogens with two attached hydrogens (primary N) is 1. The lowest BCUT2D eigenvalue weighted by Crippen LogP contribution is -2.44. The first kappa shape index (κ1) is 8.97. The summed E-state index contributed by atoms with van der Waals surface area (Å²) in [7, 11) is 0. The van der Waals surface area contributed by atoms with Gasteiger partial charge in [0, 0.05) is 18.3 Å². The Bertz CT molecular complexity index is 363. The monoisotopic (exact) mass is 188 g/mol. The fourth-order valence-electron chi connectivity index (χ4n) is 1.57. The van der Waals surface area contributed by atoms with Crippen LogP contribution in [-0.2, 0) is 0 Å². The summed E-state index contributed by atoms with van der Waals surface area (Å²) >= 11 is 0. The van der Waals surface area contributed by atoms with E-state index in [4.69, 9.17) is 11.0 Å². The third kappa shape index (κ3) is 1.83. The smallest absolute Gasteiger partial charge is 0.127 e. The summed E-state index contributed by atoms with van der Waals surface area (Å²) in [6.07, 6.45) is 3.61. The van der Waals surface area contributed by atoms with Crippen LogP contribution in [0.15, 0.2) is 18.3 Å². The normalized spacial score (nSPS) is 24.9. The molecule has 1 aromatic rings. The van der Waals surface area contributed by atoms with Crippen LogP contribution >= 0.6 is 0 Å². The summed E-state index contributed by atoms with van der Waals surface area (Å²) in [5.74, 6) is 0.765. The summed E-state index contributed by atoms with van der Waals surface area (Å²) < 4.78 is 0. The SMILES string of the molecule is N#Cc1ccnc(NC2CC(N)C2)c1. The van der Waals surface area contributed by atoms with Crippen molar-refractivity contribution in [3.05, 3.63) is 23.9 Å². The molecule has 2 rings (SSSR count). The lowest BCUT2D eigenvalue weighted by molar-refractivity contribution is 0.373. The number of nitrogens with zero attached hydrogens (tertiary/aromatic N) is 2. The molecule has 1 fully saturated rings. The van der Waals surface area contributed by atoms with E-state index in [0.29, 0.717) is 17.6 Å². The highest BCUT2D eigenvalue weighted by Crippen LogP contribution is 2.21. The average Bonchev–Trinajstić information content (AvgIpc) is 2.16. The van der Waals surface area contributed by atoms with Gasteiger partial charge in [0.2, 0.25) is 0 Å². The van der Waals surface area contributed by atoms with E-state index in [1.807, 2.05) is 0 Å². The molecule has 3 N–H and O–H groups in total. The van der Waals surface area contributed by atoms with Crippen molar-refractivity contribution >= 4 is 5.82 Å². The molecule has 14 heavy (non-hydrogen) atoms. The van der Waals surface area contributed by atoms with Gasteiger partial charge in [-0.15, -0.1) is 0 Å². The van der Waals surface area contributed by atoms with Crippen molar-refractivity contribution < 1.29 is 0 Å². The van der Waals surface area contributed by atoms with Crippen LogP contribution < -0.4 is 11.1 Å². The van der Waals surface area contributed by atoms with Crippen LogP contribution in [-0.4, -0.2) is 17.1 Å². The third-order valence-electron chi connectivity index (χ3n) is 2.42. The number of aromatic nitrogens is 1. The summed E-state index contributed by atoms with van der Waals surface area (Å²) in [6, 6.07) is 6.27. The van der Waals surface area contributed by atoms with Crippen LogP contribution in [0.3, 0.4) is 0 Å². The Hall–Kier alpha value is -1.60. The molecule has 1 aromatic heterocycles. The van der Waals surface area contributed by atoms with Crippen molar-refractivity contribution in [1.29, 1.82) is 5.26 Å². The number of pyridine rings is 1. The van der Waals surface area contributed by atoms with Gasteiger partial charge >= 0.3 is 0 Å². The second-order valence-electron chi connectivity index (χ2n) is 3.61. The molecular formula is C10H12N4. The summed E-state index contributed by atoms with van der Waals surface area (Å²) in [4.78, 5) is 4.13. The predicted molar refractivity (Wildman–Crippen MR) is 53.6 cm³/mol. The topological polar surface area (TPSA) is 74.7 Å². The molecule has 0 saturated heterocycles. The Morgan fingerprint density at radius 2 is 2.36 bits per heavy atom. The van der Waals surface area contributed by atoms with Gasteiger partial charge in [-0.05, 0) is 25.0 Å². The van der Waals surface area contributed by atoms with Gasteiger partial charge in [-0.25, -0.2) is 4.98 Å². The van der Waals surface area contributed by atoms with Gasteiger partial charge in [-0.1, -0.05) is 0 Å². The molecule has 1 aliphatic rings. The molecule has 0 spiro atoms. The van der Waals surface area contributed by atoms with E-state index in [-0.39, 0.29) is 0 Å². The second kappa shape index (κ2) is 3.64. The van der Waals surface area contributed by atoms with Crippen LogP contribution in [0.1, 0.15) is 18.4 Å². The Kier molecular flexibility index (Phi) is 2.33. The molecule has 72 valence electrons. The highest BCUT2D eigenvalue weighted by Gasteiger charge is 2.25. The maximum Gasteiger partial charge on any atom is 0.127 e. The van der Waals surface area contributed by atoms with Gasteiger partial charge in [0.15, 0.2) is 0 Å². The predicted octanol–water partition coefficient (Wildman–Crippen LogP) is 0.855. The molecule has 0 unspecified atom stereocenters. The zero-order valence-electron chi connectivity index (χ0n) is 7.77. The number of rotatable bonds is 2. The Morgan fingerprint density at radius 3 is 3.00 bits per heavy atom. The minimum atomic E-state index is 0.326. The van der Waals surface area contributed by atoms with Crippen molar-refractivity contribution in [3.8, 4) is 6.07 Å². The van der Waals surface area contributed by atoms with Gasteiger partial charge < -0.3 is 11.1 Å². The summed E-state index contributed by atoms with van der Waals surface area (Å²) in [5, 5.41) is 11.9. The average molecular weight is 188 g/mol. The fourth-order valence-corrected chi connectivity index (χ4v) is 1.57. The first-order valence-electron chi connectivity index (χ1n) is 4.66. The molecule has 0 aromatic carbocycles. The van der Waals surface area contributed by atoms with Crippen molar-refractivity contribution in [2.75, 3.05) is 5.32 Å². The van der Waals surface area contributed by atoms with Crippen LogP contribution in [0.2, 0.25) is 0 Å². The molecule has 0 radical (unpaired) electrons. The van der Waals surface area contributed by atoms with Crippen molar-refractivity contribution in [2.45, 2.75) is 24.9 Å². The Morgan fingerprint density at radius 1 is 1.57 bits per heavy atom. The lowest BCUT2D eigenvalue weighted by Gasteiger charge is -2.33. The third-order valence-corrected chi connectivity index (χ3v) is 2.42. The van der Waals surface area contributed by atoms with Crippen LogP contribution in [0.4, 0.5) is 5.82 Å². The van der Waals surface area contributed by atoms with Crippen LogP contribution in [0.25, 0.3) is 0 Å². The van der Waals surface area contributed by atoms with Gasteiger partial charge in [-0.3, -0.25) is 0 Å². The fraction of sp³-hybridized carbons (Fsp3) is 0.400. The van der Waals surface area contributed by atoms with Gasteiger partial charge in [0.05, 0.1) is 11.6 Å². The van der Waals surface area contributed by atoms with E-state index in [2.05, 4.69) is 16.4 Å². The standard InChI is InChI=1S/C10H12N4/c11-6-7-1-2-13-10(3-7)14-9-4-8(12)5-9/h1-3,8-9H,4-5,12H2,(H,13,14). The molecule has 4 nitrogen and oxygen atoms in total. The highest BCUT2D eigenvalue weighted by molar-refractivity contribution is 5.43. The molecule has 0 amide bonds. The van der Waals surface area contributed by atoms with E-state index in [1.54, 1.807) is 18.3 Å². The van der Waals surface area contributed by atoms with Gasteiger partial charge in [0.1, 0.15) is 5.82 Å². The molecule has 0 bridgehead atoms. The molecule has 1 saturated carbocycles. The molecule has 0 atom stereocenters. The number of hydrogen-bond donors (Lipinski definition) is 2. The largest absolute Gasteiger partial charge is 0.367 e. The molecule has 4 heteroatoms. The molecule has 1 heterocycles. The van der Waals surface area contributed by atoms with Crippen molar-refractivity contribution in [3.63, 3.8) is 0 Å². The van der Waals surface area contributed by atoms with Crippen LogP contribution in [0, 0.1) is 11.3 Å². The maximum atomic E-state index is 8.68. The Balaban J connectivity index is 2.00. The van der Waals surface area contributed by atoms with E-state index < -0.39 is 0 Å². The molecule has 1 aliphatic carbocycles. The maximum absolute atomic E-state index is 8.68. The number of nitrogens with one attached hydrogen (secondary N) is 1. The van der Waals surface area contributed by atoms with Crippen molar-refractivity contribution in [2.24, 2.45) is 5.73 Å². The summed E-state index contributed by atoms with van der Waals surface area (Å²) in [5.41, 5.74) is 6.30. The van der Waals surface area contributed by atoms with Gasteiger partial charge in [0.25, 0.3) is 0 Å². The first-order chi connectivity index (χ1) is 6.78. The van der Waals surface area contributed by atoms with E-state index in [9.17, 15) is 0 Å². The Labute approximate surface area is 82.8 Å². The molecule has 0 aliphatic heterocycles. The van der Waals surface area contributed by atoms with E-state index in [0.717, 1.165) is 18.7 Å². The highest BCUT2D eigenvalue weighted by atomic mass is 15.0. The summed E-state index contributed by atoms with van der Waals surface area (Å²) in [6.45, 7) is 0. The van der Waals surface area contributed by atoms with Gasteiger partial charge in [-0.2, -0.15) is 5.26 Å². The second-order valence-corrected chi connectivity index (χ2v) is 3.61. The number of nitriles is 1. The van der Waals surface area contributed by atoms with Crippen molar-refractivity contribution in [1.82, 2.24) is 4.98 Å². The lowest BCUT2D eigenvalue weighted by atomic mass is 9.88.